The summed E-state index contributed by atoms with van der Waals surface area (Å²) in [5.41, 5.74) is 2.71. The van der Waals surface area contributed by atoms with E-state index < -0.39 is 9.84 Å². The summed E-state index contributed by atoms with van der Waals surface area (Å²) in [6, 6.07) is 0.476. The minimum Gasteiger partial charge on any atom is -0.330 e. The van der Waals surface area contributed by atoms with E-state index in [0.717, 1.165) is 32.4 Å². The van der Waals surface area contributed by atoms with Crippen LogP contribution in [0.5, 0.6) is 0 Å². The maximum atomic E-state index is 11.6. The SMILES string of the molecule is CCS(=O)(=O)CCN1CC[C@@H](n2cnc3c2CCCC3)C1. The van der Waals surface area contributed by atoms with Gasteiger partial charge in [0.1, 0.15) is 0 Å². The predicted octanol–water partition coefficient (Wildman–Crippen LogP) is 1.44. The molecule has 0 radical (unpaired) electrons. The molecule has 0 spiro atoms. The quantitative estimate of drug-likeness (QED) is 0.826. The van der Waals surface area contributed by atoms with Gasteiger partial charge in [-0.05, 0) is 32.1 Å². The Bertz CT molecular complexity index is 594. The van der Waals surface area contributed by atoms with Crippen molar-refractivity contribution >= 4 is 9.84 Å². The van der Waals surface area contributed by atoms with Gasteiger partial charge in [0.05, 0.1) is 17.8 Å². The molecule has 0 bridgehead atoms. The highest BCUT2D eigenvalue weighted by atomic mass is 32.2. The van der Waals surface area contributed by atoms with E-state index in [1.807, 2.05) is 6.33 Å². The normalized spacial score (nSPS) is 23.4. The lowest BCUT2D eigenvalue weighted by atomic mass is 10.0. The first kappa shape index (κ1) is 15.0. The highest BCUT2D eigenvalue weighted by Crippen LogP contribution is 2.28. The lowest BCUT2D eigenvalue weighted by molar-refractivity contribution is 0.340. The van der Waals surface area contributed by atoms with E-state index in [1.54, 1.807) is 6.92 Å². The summed E-state index contributed by atoms with van der Waals surface area (Å²) in [4.78, 5) is 6.86. The summed E-state index contributed by atoms with van der Waals surface area (Å²) in [6.07, 6.45) is 7.91. The largest absolute Gasteiger partial charge is 0.330 e. The molecule has 0 unspecified atom stereocenters. The lowest BCUT2D eigenvalue weighted by Crippen LogP contribution is -2.28. The fraction of sp³-hybridized carbons (Fsp3) is 0.800. The molecule has 1 fully saturated rings. The minimum atomic E-state index is -2.85. The van der Waals surface area contributed by atoms with Gasteiger partial charge >= 0.3 is 0 Å². The van der Waals surface area contributed by atoms with Crippen LogP contribution in [0.2, 0.25) is 0 Å². The van der Waals surface area contributed by atoms with E-state index >= 15 is 0 Å². The Kier molecular flexibility index (Phi) is 4.36. The second-order valence-corrected chi connectivity index (χ2v) is 8.70. The first-order chi connectivity index (χ1) is 10.1. The van der Waals surface area contributed by atoms with E-state index in [0.29, 0.717) is 12.6 Å². The average Bonchev–Trinajstić information content (AvgIpc) is 3.11. The summed E-state index contributed by atoms with van der Waals surface area (Å²) in [6.45, 7) is 4.35. The third-order valence-corrected chi connectivity index (χ3v) is 6.54. The molecule has 0 saturated carbocycles. The topological polar surface area (TPSA) is 55.2 Å². The molecular formula is C15H25N3O2S. The van der Waals surface area contributed by atoms with Crippen LogP contribution in [0.15, 0.2) is 6.33 Å². The van der Waals surface area contributed by atoms with E-state index in [1.165, 1.54) is 24.2 Å². The zero-order valence-corrected chi connectivity index (χ0v) is 13.6. The molecule has 1 aromatic heterocycles. The molecular weight excluding hydrogens is 286 g/mol. The van der Waals surface area contributed by atoms with Gasteiger partial charge in [-0.25, -0.2) is 13.4 Å². The van der Waals surface area contributed by atoms with Gasteiger partial charge in [-0.3, -0.25) is 0 Å². The van der Waals surface area contributed by atoms with Crippen molar-refractivity contribution in [2.24, 2.45) is 0 Å². The molecule has 1 aliphatic heterocycles. The fourth-order valence-electron chi connectivity index (χ4n) is 3.46. The van der Waals surface area contributed by atoms with Crippen molar-refractivity contribution in [1.29, 1.82) is 0 Å². The minimum absolute atomic E-state index is 0.249. The van der Waals surface area contributed by atoms with Gasteiger partial charge in [0.2, 0.25) is 0 Å². The Balaban J connectivity index is 1.61. The lowest BCUT2D eigenvalue weighted by Gasteiger charge is -2.20. The number of imidazole rings is 1. The van der Waals surface area contributed by atoms with E-state index in [-0.39, 0.29) is 11.5 Å². The summed E-state index contributed by atoms with van der Waals surface area (Å²) >= 11 is 0. The monoisotopic (exact) mass is 311 g/mol. The third-order valence-electron chi connectivity index (χ3n) is 4.86. The van der Waals surface area contributed by atoms with Crippen LogP contribution < -0.4 is 0 Å². The van der Waals surface area contributed by atoms with Crippen molar-refractivity contribution in [3.8, 4) is 0 Å². The van der Waals surface area contributed by atoms with Crippen LogP contribution in [0.4, 0.5) is 0 Å². The Morgan fingerprint density at radius 2 is 2.14 bits per heavy atom. The van der Waals surface area contributed by atoms with Crippen LogP contribution >= 0.6 is 0 Å². The third kappa shape index (κ3) is 3.31. The van der Waals surface area contributed by atoms with Crippen LogP contribution in [-0.4, -0.2) is 54.0 Å². The molecule has 0 N–H and O–H groups in total. The number of nitrogens with zero attached hydrogens (tertiary/aromatic N) is 3. The number of hydrogen-bond donors (Lipinski definition) is 0. The Morgan fingerprint density at radius 3 is 2.95 bits per heavy atom. The Morgan fingerprint density at radius 1 is 1.33 bits per heavy atom. The van der Waals surface area contributed by atoms with E-state index in [9.17, 15) is 8.42 Å². The van der Waals surface area contributed by atoms with Crippen LogP contribution in [0.25, 0.3) is 0 Å². The first-order valence-corrected chi connectivity index (χ1v) is 9.88. The van der Waals surface area contributed by atoms with Crippen molar-refractivity contribution in [2.75, 3.05) is 31.1 Å². The molecule has 1 saturated heterocycles. The second kappa shape index (κ2) is 6.08. The molecule has 118 valence electrons. The first-order valence-electron chi connectivity index (χ1n) is 8.06. The highest BCUT2D eigenvalue weighted by molar-refractivity contribution is 7.91. The van der Waals surface area contributed by atoms with Gasteiger partial charge in [0.25, 0.3) is 0 Å². The van der Waals surface area contributed by atoms with Crippen LogP contribution in [-0.2, 0) is 22.7 Å². The molecule has 1 atom stereocenters. The Hall–Kier alpha value is -0.880. The molecule has 0 aromatic carbocycles. The maximum absolute atomic E-state index is 11.6. The summed E-state index contributed by atoms with van der Waals surface area (Å²) < 4.78 is 25.6. The molecule has 5 nitrogen and oxygen atoms in total. The smallest absolute Gasteiger partial charge is 0.151 e. The van der Waals surface area contributed by atoms with Crippen molar-refractivity contribution in [3.05, 3.63) is 17.7 Å². The van der Waals surface area contributed by atoms with Gasteiger partial charge in [-0.15, -0.1) is 0 Å². The molecule has 0 amide bonds. The zero-order valence-electron chi connectivity index (χ0n) is 12.8. The van der Waals surface area contributed by atoms with Crippen LogP contribution in [0, 0.1) is 0 Å². The maximum Gasteiger partial charge on any atom is 0.151 e. The van der Waals surface area contributed by atoms with E-state index in [4.69, 9.17) is 0 Å². The summed E-state index contributed by atoms with van der Waals surface area (Å²) in [7, 11) is -2.85. The van der Waals surface area contributed by atoms with Gasteiger partial charge in [0, 0.05) is 37.1 Å². The number of rotatable bonds is 5. The Labute approximate surface area is 127 Å². The zero-order chi connectivity index (χ0) is 14.9. The molecule has 1 aliphatic carbocycles. The van der Waals surface area contributed by atoms with Gasteiger partial charge in [-0.1, -0.05) is 6.92 Å². The standard InChI is InChI=1S/C15H25N3O2S/c1-2-21(19,20)10-9-17-8-7-13(11-17)18-12-16-14-5-3-4-6-15(14)18/h12-13H,2-11H2,1H3/t13-/m1/s1. The van der Waals surface area contributed by atoms with Crippen molar-refractivity contribution < 1.29 is 8.42 Å². The number of sulfone groups is 1. The molecule has 2 aliphatic rings. The van der Waals surface area contributed by atoms with Crippen molar-refractivity contribution in [3.63, 3.8) is 0 Å². The second-order valence-electron chi connectivity index (χ2n) is 6.23. The summed E-state index contributed by atoms with van der Waals surface area (Å²) in [5.74, 6) is 0.539. The van der Waals surface area contributed by atoms with Crippen molar-refractivity contribution in [2.45, 2.75) is 45.1 Å². The molecule has 3 rings (SSSR count). The summed E-state index contributed by atoms with van der Waals surface area (Å²) in [5, 5.41) is 0. The fourth-order valence-corrected chi connectivity index (χ4v) is 4.29. The number of fused-ring (bicyclic) bond motifs is 1. The number of aryl methyl sites for hydroxylation is 1. The van der Waals surface area contributed by atoms with Gasteiger partial charge in [-0.2, -0.15) is 0 Å². The van der Waals surface area contributed by atoms with Gasteiger partial charge in [0.15, 0.2) is 9.84 Å². The molecule has 21 heavy (non-hydrogen) atoms. The van der Waals surface area contributed by atoms with Crippen LogP contribution in [0.1, 0.15) is 43.6 Å². The number of likely N-dealkylation sites (tertiary alicyclic amines) is 1. The van der Waals surface area contributed by atoms with Crippen molar-refractivity contribution in [1.82, 2.24) is 14.5 Å². The highest BCUT2D eigenvalue weighted by Gasteiger charge is 2.27. The predicted molar refractivity (Wildman–Crippen MR) is 83.3 cm³/mol. The molecule has 2 heterocycles. The van der Waals surface area contributed by atoms with E-state index in [2.05, 4.69) is 14.5 Å². The molecule has 1 aromatic rings. The average molecular weight is 311 g/mol. The number of aromatic nitrogens is 2. The van der Waals surface area contributed by atoms with Crippen LogP contribution in [0.3, 0.4) is 0 Å². The number of hydrogen-bond acceptors (Lipinski definition) is 4. The molecule has 6 heteroatoms. The van der Waals surface area contributed by atoms with Gasteiger partial charge < -0.3 is 9.47 Å².